The van der Waals surface area contributed by atoms with Crippen molar-refractivity contribution in [2.45, 2.75) is 31.6 Å². The van der Waals surface area contributed by atoms with Gasteiger partial charge in [-0.25, -0.2) is 8.78 Å². The van der Waals surface area contributed by atoms with Crippen LogP contribution in [0, 0.1) is 6.92 Å². The first-order chi connectivity index (χ1) is 7.65. The van der Waals surface area contributed by atoms with Gasteiger partial charge < -0.3 is 5.32 Å². The van der Waals surface area contributed by atoms with E-state index < -0.39 is 11.8 Å². The van der Waals surface area contributed by atoms with Crippen molar-refractivity contribution in [3.63, 3.8) is 0 Å². The SMILES string of the molecule is Cc1ccc(C2(C(F)F)CCNCC2)cc1. The predicted molar refractivity (Wildman–Crippen MR) is 61.0 cm³/mol. The number of aryl methyl sites for hydroxylation is 1. The van der Waals surface area contributed by atoms with Gasteiger partial charge in [0.2, 0.25) is 6.43 Å². The Balaban J connectivity index is 2.34. The summed E-state index contributed by atoms with van der Waals surface area (Å²) in [6, 6.07) is 7.54. The molecule has 0 aliphatic carbocycles. The molecular formula is C13H17F2N. The molecular weight excluding hydrogens is 208 g/mol. The maximum Gasteiger partial charge on any atom is 0.248 e. The van der Waals surface area contributed by atoms with Crippen molar-refractivity contribution in [2.24, 2.45) is 0 Å². The van der Waals surface area contributed by atoms with Crippen molar-refractivity contribution in [3.05, 3.63) is 35.4 Å². The van der Waals surface area contributed by atoms with E-state index in [1.165, 1.54) is 0 Å². The van der Waals surface area contributed by atoms with Crippen LogP contribution >= 0.6 is 0 Å². The lowest BCUT2D eigenvalue weighted by atomic mass is 9.73. The van der Waals surface area contributed by atoms with E-state index in [4.69, 9.17) is 0 Å². The van der Waals surface area contributed by atoms with Crippen LogP contribution in [0.2, 0.25) is 0 Å². The molecule has 0 radical (unpaired) electrons. The minimum Gasteiger partial charge on any atom is -0.317 e. The zero-order valence-electron chi connectivity index (χ0n) is 9.47. The van der Waals surface area contributed by atoms with Crippen LogP contribution in [0.5, 0.6) is 0 Å². The number of alkyl halides is 2. The second-order valence-corrected chi connectivity index (χ2v) is 4.57. The average Bonchev–Trinajstić information content (AvgIpc) is 2.30. The Labute approximate surface area is 94.9 Å². The normalized spacial score (nSPS) is 20.0. The van der Waals surface area contributed by atoms with Gasteiger partial charge >= 0.3 is 0 Å². The quantitative estimate of drug-likeness (QED) is 0.816. The minimum atomic E-state index is -2.28. The highest BCUT2D eigenvalue weighted by molar-refractivity contribution is 5.30. The molecule has 88 valence electrons. The fraction of sp³-hybridized carbons (Fsp3) is 0.538. The van der Waals surface area contributed by atoms with E-state index in [-0.39, 0.29) is 0 Å². The summed E-state index contributed by atoms with van der Waals surface area (Å²) in [6.07, 6.45) is -1.24. The molecule has 0 unspecified atom stereocenters. The Kier molecular flexibility index (Phi) is 3.24. The topological polar surface area (TPSA) is 12.0 Å². The maximum atomic E-state index is 13.3. The van der Waals surface area contributed by atoms with Crippen molar-refractivity contribution < 1.29 is 8.78 Å². The Bertz CT molecular complexity index is 339. The lowest BCUT2D eigenvalue weighted by Gasteiger charge is -2.37. The van der Waals surface area contributed by atoms with Gasteiger partial charge in [0.05, 0.1) is 5.41 Å². The highest BCUT2D eigenvalue weighted by atomic mass is 19.3. The van der Waals surface area contributed by atoms with Gasteiger partial charge in [0.25, 0.3) is 0 Å². The van der Waals surface area contributed by atoms with E-state index in [9.17, 15) is 8.78 Å². The first kappa shape index (κ1) is 11.5. The Morgan fingerprint density at radius 1 is 1.12 bits per heavy atom. The molecule has 0 spiro atoms. The van der Waals surface area contributed by atoms with E-state index in [1.807, 2.05) is 31.2 Å². The molecule has 0 amide bonds. The molecule has 1 fully saturated rings. The molecule has 1 nitrogen and oxygen atoms in total. The molecule has 0 saturated carbocycles. The van der Waals surface area contributed by atoms with Gasteiger partial charge in [0, 0.05) is 0 Å². The van der Waals surface area contributed by atoms with Crippen LogP contribution in [0.15, 0.2) is 24.3 Å². The number of piperidine rings is 1. The molecule has 1 saturated heterocycles. The minimum absolute atomic E-state index is 0.522. The largest absolute Gasteiger partial charge is 0.317 e. The molecule has 1 N–H and O–H groups in total. The van der Waals surface area contributed by atoms with Gasteiger partial charge in [-0.15, -0.1) is 0 Å². The number of nitrogens with one attached hydrogen (secondary N) is 1. The Morgan fingerprint density at radius 3 is 2.19 bits per heavy atom. The summed E-state index contributed by atoms with van der Waals surface area (Å²) in [6.45, 7) is 3.33. The van der Waals surface area contributed by atoms with Crippen LogP contribution in [0.1, 0.15) is 24.0 Å². The molecule has 16 heavy (non-hydrogen) atoms. The van der Waals surface area contributed by atoms with Gasteiger partial charge in [0.1, 0.15) is 0 Å². The van der Waals surface area contributed by atoms with E-state index in [0.29, 0.717) is 25.9 Å². The molecule has 1 aromatic rings. The van der Waals surface area contributed by atoms with Crippen LogP contribution in [-0.4, -0.2) is 19.5 Å². The van der Waals surface area contributed by atoms with Crippen molar-refractivity contribution in [3.8, 4) is 0 Å². The zero-order chi connectivity index (χ0) is 11.6. The highest BCUT2D eigenvalue weighted by Crippen LogP contribution is 2.39. The summed E-state index contributed by atoms with van der Waals surface area (Å²) in [5, 5.41) is 3.14. The number of halogens is 2. The molecule has 1 aromatic carbocycles. The number of hydrogen-bond donors (Lipinski definition) is 1. The first-order valence-electron chi connectivity index (χ1n) is 5.71. The number of benzene rings is 1. The van der Waals surface area contributed by atoms with Crippen LogP contribution in [-0.2, 0) is 5.41 Å². The van der Waals surface area contributed by atoms with E-state index >= 15 is 0 Å². The van der Waals surface area contributed by atoms with Crippen LogP contribution in [0.25, 0.3) is 0 Å². The third-order valence-corrected chi connectivity index (χ3v) is 3.54. The van der Waals surface area contributed by atoms with Gasteiger partial charge in [-0.3, -0.25) is 0 Å². The van der Waals surface area contributed by atoms with Gasteiger partial charge in [-0.2, -0.15) is 0 Å². The second-order valence-electron chi connectivity index (χ2n) is 4.57. The second kappa shape index (κ2) is 4.50. The van der Waals surface area contributed by atoms with Crippen molar-refractivity contribution in [2.75, 3.05) is 13.1 Å². The third-order valence-electron chi connectivity index (χ3n) is 3.54. The van der Waals surface area contributed by atoms with Gasteiger partial charge in [0.15, 0.2) is 0 Å². The summed E-state index contributed by atoms with van der Waals surface area (Å²) >= 11 is 0. The smallest absolute Gasteiger partial charge is 0.248 e. The fourth-order valence-electron chi connectivity index (χ4n) is 2.39. The number of rotatable bonds is 2. The molecule has 3 heteroatoms. The van der Waals surface area contributed by atoms with Crippen molar-refractivity contribution in [1.29, 1.82) is 0 Å². The summed E-state index contributed by atoms with van der Waals surface area (Å²) in [5.41, 5.74) is 0.968. The lowest BCUT2D eigenvalue weighted by Crippen LogP contribution is -2.44. The first-order valence-corrected chi connectivity index (χ1v) is 5.71. The van der Waals surface area contributed by atoms with E-state index in [1.54, 1.807) is 0 Å². The fourth-order valence-corrected chi connectivity index (χ4v) is 2.39. The lowest BCUT2D eigenvalue weighted by molar-refractivity contribution is 0.0295. The Morgan fingerprint density at radius 2 is 1.69 bits per heavy atom. The number of hydrogen-bond acceptors (Lipinski definition) is 1. The molecule has 1 aliphatic rings. The molecule has 2 rings (SSSR count). The van der Waals surface area contributed by atoms with Crippen LogP contribution in [0.4, 0.5) is 8.78 Å². The van der Waals surface area contributed by atoms with Gasteiger partial charge in [-0.05, 0) is 38.4 Å². The maximum absolute atomic E-state index is 13.3. The van der Waals surface area contributed by atoms with Crippen LogP contribution < -0.4 is 5.32 Å². The summed E-state index contributed by atoms with van der Waals surface area (Å²) < 4.78 is 26.7. The summed E-state index contributed by atoms with van der Waals surface area (Å²) in [4.78, 5) is 0. The van der Waals surface area contributed by atoms with Crippen molar-refractivity contribution >= 4 is 0 Å². The average molecular weight is 225 g/mol. The molecule has 1 aliphatic heterocycles. The van der Waals surface area contributed by atoms with Crippen LogP contribution in [0.3, 0.4) is 0 Å². The Hall–Kier alpha value is -0.960. The molecule has 0 bridgehead atoms. The summed E-state index contributed by atoms with van der Waals surface area (Å²) in [5.74, 6) is 0. The molecule has 0 aromatic heterocycles. The molecule has 0 atom stereocenters. The standard InChI is InChI=1S/C13H17F2N/c1-10-2-4-11(5-3-10)13(12(14)15)6-8-16-9-7-13/h2-5,12,16H,6-9H2,1H3. The van der Waals surface area contributed by atoms with E-state index in [0.717, 1.165) is 11.1 Å². The monoisotopic (exact) mass is 225 g/mol. The highest BCUT2D eigenvalue weighted by Gasteiger charge is 2.42. The summed E-state index contributed by atoms with van der Waals surface area (Å²) in [7, 11) is 0. The predicted octanol–water partition coefficient (Wildman–Crippen LogP) is 2.88. The zero-order valence-corrected chi connectivity index (χ0v) is 9.47. The van der Waals surface area contributed by atoms with Crippen molar-refractivity contribution in [1.82, 2.24) is 5.32 Å². The van der Waals surface area contributed by atoms with Gasteiger partial charge in [-0.1, -0.05) is 29.8 Å². The molecule has 1 heterocycles. The van der Waals surface area contributed by atoms with E-state index in [2.05, 4.69) is 5.32 Å². The third kappa shape index (κ3) is 1.96.